The normalized spacial score (nSPS) is 23.8. The first-order chi connectivity index (χ1) is 10.9. The highest BCUT2D eigenvalue weighted by Crippen LogP contribution is 2.35. The second-order valence-corrected chi connectivity index (χ2v) is 7.51. The molecule has 0 spiro atoms. The van der Waals surface area contributed by atoms with E-state index in [2.05, 4.69) is 17.0 Å². The van der Waals surface area contributed by atoms with E-state index in [9.17, 15) is 4.79 Å². The van der Waals surface area contributed by atoms with Gasteiger partial charge in [0.05, 0.1) is 7.11 Å². The van der Waals surface area contributed by atoms with Gasteiger partial charge < -0.3 is 19.3 Å². The molecule has 2 fully saturated rings. The lowest BCUT2D eigenvalue weighted by atomic mass is 10.0. The Morgan fingerprint density at radius 1 is 1.04 bits per heavy atom. The Labute approximate surface area is 138 Å². The molecule has 1 amide bonds. The van der Waals surface area contributed by atoms with Gasteiger partial charge in [0.15, 0.2) is 0 Å². The SMILES string of the molecule is COc1ccc(N2C[C@H]3CN(C(=O)OC(C)(C)C)C[C@H]3C2)cc1. The number of nitrogens with zero attached hydrogens (tertiary/aromatic N) is 2. The number of carbonyl (C=O) groups is 1. The van der Waals surface area contributed by atoms with Gasteiger partial charge in [-0.1, -0.05) is 0 Å². The summed E-state index contributed by atoms with van der Waals surface area (Å²) < 4.78 is 10.7. The minimum atomic E-state index is -0.427. The van der Waals surface area contributed by atoms with Crippen molar-refractivity contribution in [3.8, 4) is 5.75 Å². The van der Waals surface area contributed by atoms with Gasteiger partial charge in [0.1, 0.15) is 11.4 Å². The molecule has 2 aliphatic heterocycles. The molecule has 3 rings (SSSR count). The molecule has 2 atom stereocenters. The highest BCUT2D eigenvalue weighted by atomic mass is 16.6. The summed E-state index contributed by atoms with van der Waals surface area (Å²) in [4.78, 5) is 16.5. The average Bonchev–Trinajstić information content (AvgIpc) is 3.04. The van der Waals surface area contributed by atoms with Crippen LogP contribution in [0.2, 0.25) is 0 Å². The Morgan fingerprint density at radius 2 is 1.61 bits per heavy atom. The third-order valence-corrected chi connectivity index (χ3v) is 4.58. The van der Waals surface area contributed by atoms with Gasteiger partial charge in [-0.05, 0) is 45.0 Å². The maximum Gasteiger partial charge on any atom is 0.410 e. The maximum atomic E-state index is 12.2. The van der Waals surface area contributed by atoms with E-state index in [-0.39, 0.29) is 6.09 Å². The van der Waals surface area contributed by atoms with Crippen molar-refractivity contribution in [2.45, 2.75) is 26.4 Å². The smallest absolute Gasteiger partial charge is 0.410 e. The summed E-state index contributed by atoms with van der Waals surface area (Å²) in [5.74, 6) is 1.94. The standard InChI is InChI=1S/C18H26N2O3/c1-18(2,3)23-17(21)20-11-13-9-19(10-14(13)12-20)15-5-7-16(22-4)8-6-15/h5-8,13-14H,9-12H2,1-4H3/t13-,14+. The predicted octanol–water partition coefficient (Wildman–Crippen LogP) is 3.00. The summed E-state index contributed by atoms with van der Waals surface area (Å²) in [6.45, 7) is 9.32. The van der Waals surface area contributed by atoms with Crippen LogP contribution in [0.25, 0.3) is 0 Å². The Hall–Kier alpha value is -1.91. The van der Waals surface area contributed by atoms with Crippen LogP contribution in [0.1, 0.15) is 20.8 Å². The fraction of sp³-hybridized carbons (Fsp3) is 0.611. The number of carbonyl (C=O) groups excluding carboxylic acids is 1. The van der Waals surface area contributed by atoms with Crippen molar-refractivity contribution < 1.29 is 14.3 Å². The Balaban J connectivity index is 1.57. The number of hydrogen-bond acceptors (Lipinski definition) is 4. The summed E-state index contributed by atoms with van der Waals surface area (Å²) in [6.07, 6.45) is -0.178. The number of fused-ring (bicyclic) bond motifs is 1. The van der Waals surface area contributed by atoms with Crippen LogP contribution in [0.4, 0.5) is 10.5 Å². The molecule has 126 valence electrons. The van der Waals surface area contributed by atoms with Crippen LogP contribution in [0.3, 0.4) is 0 Å². The Kier molecular flexibility index (Phi) is 4.13. The first-order valence-corrected chi connectivity index (χ1v) is 8.22. The van der Waals surface area contributed by atoms with Crippen molar-refractivity contribution in [1.29, 1.82) is 0 Å². The number of ether oxygens (including phenoxy) is 2. The van der Waals surface area contributed by atoms with Gasteiger partial charge in [0, 0.05) is 43.7 Å². The summed E-state index contributed by atoms with van der Waals surface area (Å²) in [5, 5.41) is 0. The highest BCUT2D eigenvalue weighted by Gasteiger charge is 2.42. The molecule has 0 bridgehead atoms. The third-order valence-electron chi connectivity index (χ3n) is 4.58. The lowest BCUT2D eigenvalue weighted by Crippen LogP contribution is -2.37. The summed E-state index contributed by atoms with van der Waals surface area (Å²) in [5.41, 5.74) is 0.799. The second kappa shape index (κ2) is 5.95. The molecule has 23 heavy (non-hydrogen) atoms. The predicted molar refractivity (Wildman–Crippen MR) is 90.0 cm³/mol. The minimum Gasteiger partial charge on any atom is -0.497 e. The largest absolute Gasteiger partial charge is 0.497 e. The molecule has 1 aromatic rings. The third kappa shape index (κ3) is 3.54. The van der Waals surface area contributed by atoms with Gasteiger partial charge in [-0.3, -0.25) is 0 Å². The zero-order valence-corrected chi connectivity index (χ0v) is 14.4. The minimum absolute atomic E-state index is 0.178. The van der Waals surface area contributed by atoms with Crippen molar-refractivity contribution in [3.63, 3.8) is 0 Å². The van der Waals surface area contributed by atoms with Crippen molar-refractivity contribution in [2.75, 3.05) is 38.2 Å². The second-order valence-electron chi connectivity index (χ2n) is 7.51. The summed E-state index contributed by atoms with van der Waals surface area (Å²) in [6, 6.07) is 8.20. The molecular weight excluding hydrogens is 292 g/mol. The Bertz CT molecular complexity index is 551. The van der Waals surface area contributed by atoms with Crippen LogP contribution in [-0.2, 0) is 4.74 Å². The first kappa shape index (κ1) is 16.0. The number of hydrogen-bond donors (Lipinski definition) is 0. The molecule has 2 aliphatic rings. The number of likely N-dealkylation sites (tertiary alicyclic amines) is 1. The number of amides is 1. The van der Waals surface area contributed by atoms with Crippen molar-refractivity contribution in [2.24, 2.45) is 11.8 Å². The average molecular weight is 318 g/mol. The van der Waals surface area contributed by atoms with E-state index in [1.165, 1.54) is 5.69 Å². The van der Waals surface area contributed by atoms with E-state index in [1.807, 2.05) is 37.8 Å². The molecule has 2 heterocycles. The molecule has 0 aliphatic carbocycles. The lowest BCUT2D eigenvalue weighted by molar-refractivity contribution is 0.0282. The molecule has 0 radical (unpaired) electrons. The lowest BCUT2D eigenvalue weighted by Gasteiger charge is -2.26. The van der Waals surface area contributed by atoms with E-state index < -0.39 is 5.60 Å². The van der Waals surface area contributed by atoms with Crippen LogP contribution >= 0.6 is 0 Å². The molecule has 2 saturated heterocycles. The molecule has 0 unspecified atom stereocenters. The van der Waals surface area contributed by atoms with E-state index in [1.54, 1.807) is 7.11 Å². The van der Waals surface area contributed by atoms with E-state index >= 15 is 0 Å². The van der Waals surface area contributed by atoms with Gasteiger partial charge in [-0.25, -0.2) is 4.79 Å². The quantitative estimate of drug-likeness (QED) is 0.841. The number of methoxy groups -OCH3 is 1. The van der Waals surface area contributed by atoms with Crippen LogP contribution < -0.4 is 9.64 Å². The summed E-state index contributed by atoms with van der Waals surface area (Å²) in [7, 11) is 1.68. The van der Waals surface area contributed by atoms with Crippen molar-refractivity contribution in [1.82, 2.24) is 4.90 Å². The van der Waals surface area contributed by atoms with Crippen molar-refractivity contribution in [3.05, 3.63) is 24.3 Å². The molecule has 0 N–H and O–H groups in total. The van der Waals surface area contributed by atoms with Crippen LogP contribution in [-0.4, -0.2) is 49.9 Å². The van der Waals surface area contributed by atoms with E-state index in [4.69, 9.17) is 9.47 Å². The topological polar surface area (TPSA) is 42.0 Å². The van der Waals surface area contributed by atoms with Crippen LogP contribution in [0.5, 0.6) is 5.75 Å². The highest BCUT2D eigenvalue weighted by molar-refractivity contribution is 5.68. The zero-order chi connectivity index (χ0) is 16.6. The van der Waals surface area contributed by atoms with Crippen LogP contribution in [0.15, 0.2) is 24.3 Å². The molecule has 1 aromatic carbocycles. The molecule has 5 nitrogen and oxygen atoms in total. The number of rotatable bonds is 2. The van der Waals surface area contributed by atoms with E-state index in [0.717, 1.165) is 31.9 Å². The zero-order valence-electron chi connectivity index (χ0n) is 14.4. The number of anilines is 1. The molecule has 0 saturated carbocycles. The summed E-state index contributed by atoms with van der Waals surface area (Å²) >= 11 is 0. The van der Waals surface area contributed by atoms with Gasteiger partial charge in [-0.2, -0.15) is 0 Å². The van der Waals surface area contributed by atoms with Gasteiger partial charge >= 0.3 is 6.09 Å². The molecule has 5 heteroatoms. The Morgan fingerprint density at radius 3 is 2.09 bits per heavy atom. The number of benzene rings is 1. The molecule has 0 aromatic heterocycles. The fourth-order valence-electron chi connectivity index (χ4n) is 3.47. The van der Waals surface area contributed by atoms with Gasteiger partial charge in [0.2, 0.25) is 0 Å². The molecular formula is C18H26N2O3. The fourth-order valence-corrected chi connectivity index (χ4v) is 3.47. The first-order valence-electron chi connectivity index (χ1n) is 8.22. The van der Waals surface area contributed by atoms with Crippen LogP contribution in [0, 0.1) is 11.8 Å². The van der Waals surface area contributed by atoms with Crippen molar-refractivity contribution >= 4 is 11.8 Å². The van der Waals surface area contributed by atoms with Gasteiger partial charge in [0.25, 0.3) is 0 Å². The van der Waals surface area contributed by atoms with Gasteiger partial charge in [-0.15, -0.1) is 0 Å². The monoisotopic (exact) mass is 318 g/mol. The maximum absolute atomic E-state index is 12.2. The van der Waals surface area contributed by atoms with E-state index in [0.29, 0.717) is 11.8 Å².